The van der Waals surface area contributed by atoms with E-state index in [-0.39, 0.29) is 23.8 Å². The Labute approximate surface area is 214 Å². The largest absolute Gasteiger partial charge is 0.497 e. The number of rotatable bonds is 8. The standard InChI is InChI=1S/C28H28FN5O3/c1-17-13-25(33-32-17)28(35)31-18(2)27(19-5-4-6-23(14-19)36-3)37-24-11-12-26-20(15-24)16-30-34(26)22-9-7-21(29)8-10-22/h4-12,14-18,27,32H,13H2,1-3H3,(H,31,35)/t17?,18-,27-/m0/s1. The lowest BCUT2D eigenvalue weighted by molar-refractivity contribution is -0.116. The van der Waals surface area contributed by atoms with Crippen LogP contribution in [0.4, 0.5) is 4.39 Å². The normalized spacial score (nSPS) is 16.5. The van der Waals surface area contributed by atoms with Gasteiger partial charge in [-0.1, -0.05) is 12.1 Å². The molecule has 9 heteroatoms. The Kier molecular flexibility index (Phi) is 6.76. The lowest BCUT2D eigenvalue weighted by atomic mass is 10.0. The van der Waals surface area contributed by atoms with E-state index in [0.29, 0.717) is 23.6 Å². The Bertz CT molecular complexity index is 1450. The quantitative estimate of drug-likeness (QED) is 0.370. The molecule has 0 fully saturated rings. The molecule has 1 unspecified atom stereocenters. The fourth-order valence-corrected chi connectivity index (χ4v) is 4.37. The topological polar surface area (TPSA) is 89.8 Å². The first kappa shape index (κ1) is 24.3. The van der Waals surface area contributed by atoms with Crippen molar-refractivity contribution in [3.63, 3.8) is 0 Å². The van der Waals surface area contributed by atoms with Crippen LogP contribution in [0.25, 0.3) is 16.6 Å². The Morgan fingerprint density at radius 1 is 1.14 bits per heavy atom. The minimum absolute atomic E-state index is 0.129. The summed E-state index contributed by atoms with van der Waals surface area (Å²) in [5.74, 6) is 0.788. The second-order valence-electron chi connectivity index (χ2n) is 9.12. The highest BCUT2D eigenvalue weighted by molar-refractivity contribution is 6.39. The molecule has 1 aromatic heterocycles. The molecule has 3 atom stereocenters. The summed E-state index contributed by atoms with van der Waals surface area (Å²) in [6.45, 7) is 3.88. The molecule has 0 radical (unpaired) electrons. The first-order valence-corrected chi connectivity index (χ1v) is 12.1. The maximum absolute atomic E-state index is 13.4. The van der Waals surface area contributed by atoms with Crippen LogP contribution < -0.4 is 20.2 Å². The smallest absolute Gasteiger partial charge is 0.267 e. The van der Waals surface area contributed by atoms with Crippen LogP contribution in [0.15, 0.2) is 78.0 Å². The third-order valence-corrected chi connectivity index (χ3v) is 6.29. The van der Waals surface area contributed by atoms with E-state index in [4.69, 9.17) is 9.47 Å². The van der Waals surface area contributed by atoms with Crippen molar-refractivity contribution < 1.29 is 18.7 Å². The summed E-state index contributed by atoms with van der Waals surface area (Å²) in [5, 5.41) is 12.5. The number of nitrogens with zero attached hydrogens (tertiary/aromatic N) is 3. The molecular weight excluding hydrogens is 473 g/mol. The molecule has 1 aliphatic rings. The van der Waals surface area contributed by atoms with Gasteiger partial charge in [-0.05, 0) is 74.0 Å². The molecule has 1 aliphatic heterocycles. The van der Waals surface area contributed by atoms with Gasteiger partial charge in [0, 0.05) is 17.8 Å². The Balaban J connectivity index is 1.42. The maximum Gasteiger partial charge on any atom is 0.267 e. The maximum atomic E-state index is 13.4. The van der Waals surface area contributed by atoms with E-state index in [2.05, 4.69) is 20.9 Å². The summed E-state index contributed by atoms with van der Waals surface area (Å²) < 4.78 is 27.0. The first-order chi connectivity index (χ1) is 17.9. The summed E-state index contributed by atoms with van der Waals surface area (Å²) in [5.41, 5.74) is 5.87. The third kappa shape index (κ3) is 5.25. The average Bonchev–Trinajstić information content (AvgIpc) is 3.54. The predicted octanol–water partition coefficient (Wildman–Crippen LogP) is 4.54. The fraction of sp³-hybridized carbons (Fsp3) is 0.250. The zero-order chi connectivity index (χ0) is 25.9. The number of hydrogen-bond donors (Lipinski definition) is 2. The molecular formula is C28H28FN5O3. The lowest BCUT2D eigenvalue weighted by Gasteiger charge is -2.27. The number of hydrogen-bond acceptors (Lipinski definition) is 6. The number of carbonyl (C=O) groups is 1. The molecule has 8 nitrogen and oxygen atoms in total. The second-order valence-corrected chi connectivity index (χ2v) is 9.12. The van der Waals surface area contributed by atoms with E-state index < -0.39 is 6.10 Å². The molecule has 0 bridgehead atoms. The van der Waals surface area contributed by atoms with Gasteiger partial charge in [0.2, 0.25) is 0 Å². The van der Waals surface area contributed by atoms with Crippen LogP contribution in [0, 0.1) is 5.82 Å². The van der Waals surface area contributed by atoms with E-state index in [1.54, 1.807) is 30.1 Å². The number of aromatic nitrogens is 2. The monoisotopic (exact) mass is 501 g/mol. The van der Waals surface area contributed by atoms with Crippen LogP contribution in [-0.2, 0) is 4.79 Å². The van der Waals surface area contributed by atoms with E-state index in [1.807, 2.05) is 56.3 Å². The Morgan fingerprint density at radius 3 is 2.68 bits per heavy atom. The van der Waals surface area contributed by atoms with Crippen LogP contribution in [-0.4, -0.2) is 40.6 Å². The predicted molar refractivity (Wildman–Crippen MR) is 140 cm³/mol. The molecule has 0 spiro atoms. The number of nitrogens with one attached hydrogen (secondary N) is 2. The minimum Gasteiger partial charge on any atom is -0.497 e. The number of amides is 1. The van der Waals surface area contributed by atoms with Gasteiger partial charge in [-0.25, -0.2) is 9.07 Å². The number of fused-ring (bicyclic) bond motifs is 1. The Morgan fingerprint density at radius 2 is 1.95 bits per heavy atom. The first-order valence-electron chi connectivity index (χ1n) is 12.1. The molecule has 1 amide bonds. The third-order valence-electron chi connectivity index (χ3n) is 6.29. The highest BCUT2D eigenvalue weighted by atomic mass is 19.1. The molecule has 0 saturated heterocycles. The van der Waals surface area contributed by atoms with Gasteiger partial charge in [-0.15, -0.1) is 0 Å². The van der Waals surface area contributed by atoms with Crippen LogP contribution in [0.2, 0.25) is 0 Å². The van der Waals surface area contributed by atoms with Crippen molar-refractivity contribution in [2.45, 2.75) is 38.5 Å². The molecule has 37 heavy (non-hydrogen) atoms. The summed E-state index contributed by atoms with van der Waals surface area (Å²) in [6, 6.07) is 19.2. The van der Waals surface area contributed by atoms with Gasteiger partial charge >= 0.3 is 0 Å². The molecule has 2 heterocycles. The highest BCUT2D eigenvalue weighted by Gasteiger charge is 2.27. The van der Waals surface area contributed by atoms with Crippen molar-refractivity contribution in [3.05, 3.63) is 84.3 Å². The van der Waals surface area contributed by atoms with E-state index in [0.717, 1.165) is 22.2 Å². The van der Waals surface area contributed by atoms with Gasteiger partial charge in [0.25, 0.3) is 5.91 Å². The van der Waals surface area contributed by atoms with E-state index in [1.165, 1.54) is 12.1 Å². The van der Waals surface area contributed by atoms with Crippen molar-refractivity contribution in [2.24, 2.45) is 5.10 Å². The molecule has 0 aliphatic carbocycles. The molecule has 190 valence electrons. The van der Waals surface area contributed by atoms with Crippen LogP contribution in [0.5, 0.6) is 11.5 Å². The van der Waals surface area contributed by atoms with Crippen LogP contribution in [0.1, 0.15) is 31.9 Å². The molecule has 0 saturated carbocycles. The van der Waals surface area contributed by atoms with Gasteiger partial charge in [-0.3, -0.25) is 4.79 Å². The lowest BCUT2D eigenvalue weighted by Crippen LogP contribution is -2.42. The van der Waals surface area contributed by atoms with Crippen LogP contribution in [0.3, 0.4) is 0 Å². The van der Waals surface area contributed by atoms with Gasteiger partial charge < -0.3 is 20.2 Å². The minimum atomic E-state index is -0.504. The van der Waals surface area contributed by atoms with Crippen molar-refractivity contribution in [1.29, 1.82) is 0 Å². The summed E-state index contributed by atoms with van der Waals surface area (Å²) in [4.78, 5) is 12.8. The number of carbonyl (C=O) groups excluding carboxylic acids is 1. The average molecular weight is 502 g/mol. The summed E-state index contributed by atoms with van der Waals surface area (Å²) in [6.07, 6.45) is 1.80. The fourth-order valence-electron chi connectivity index (χ4n) is 4.37. The van der Waals surface area contributed by atoms with Crippen molar-refractivity contribution in [3.8, 4) is 17.2 Å². The van der Waals surface area contributed by atoms with E-state index in [9.17, 15) is 9.18 Å². The summed E-state index contributed by atoms with van der Waals surface area (Å²) >= 11 is 0. The number of hydrazone groups is 1. The highest BCUT2D eigenvalue weighted by Crippen LogP contribution is 2.30. The number of methoxy groups -OCH3 is 1. The van der Waals surface area contributed by atoms with Crippen molar-refractivity contribution in [1.82, 2.24) is 20.5 Å². The number of benzene rings is 3. The summed E-state index contributed by atoms with van der Waals surface area (Å²) in [7, 11) is 1.61. The molecule has 3 aromatic carbocycles. The van der Waals surface area contributed by atoms with Crippen LogP contribution >= 0.6 is 0 Å². The van der Waals surface area contributed by atoms with Gasteiger partial charge in [0.05, 0.1) is 30.6 Å². The van der Waals surface area contributed by atoms with Crippen molar-refractivity contribution >= 4 is 22.5 Å². The molecule has 2 N–H and O–H groups in total. The number of ether oxygens (including phenoxy) is 2. The second kappa shape index (κ2) is 10.3. The van der Waals surface area contributed by atoms with Gasteiger partial charge in [-0.2, -0.15) is 10.2 Å². The molecule has 4 aromatic rings. The van der Waals surface area contributed by atoms with Gasteiger partial charge in [0.1, 0.15) is 29.1 Å². The zero-order valence-corrected chi connectivity index (χ0v) is 20.8. The SMILES string of the molecule is COc1cccc([C@@H](Oc2ccc3c(cnn3-c3ccc(F)cc3)c2)[C@H](C)NC(=O)C2=NNC(C)C2)c1. The van der Waals surface area contributed by atoms with E-state index >= 15 is 0 Å². The van der Waals surface area contributed by atoms with Crippen molar-refractivity contribution in [2.75, 3.05) is 7.11 Å². The number of halogens is 1. The Hall–Kier alpha value is -4.40. The molecule has 5 rings (SSSR count). The van der Waals surface area contributed by atoms with Gasteiger partial charge in [0.15, 0.2) is 0 Å². The zero-order valence-electron chi connectivity index (χ0n) is 20.8.